The van der Waals surface area contributed by atoms with E-state index in [0.29, 0.717) is 6.61 Å². The predicted molar refractivity (Wildman–Crippen MR) is 76.0 cm³/mol. The van der Waals surface area contributed by atoms with Gasteiger partial charge in [-0.1, -0.05) is 12.1 Å². The van der Waals surface area contributed by atoms with Crippen molar-refractivity contribution in [3.63, 3.8) is 0 Å². The van der Waals surface area contributed by atoms with Gasteiger partial charge in [-0.3, -0.25) is 0 Å². The summed E-state index contributed by atoms with van der Waals surface area (Å²) in [5.41, 5.74) is 1.03. The second-order valence-electron chi connectivity index (χ2n) is 4.01. The smallest absolute Gasteiger partial charge is 0.142 e. The van der Waals surface area contributed by atoms with Crippen molar-refractivity contribution in [2.45, 2.75) is 13.0 Å². The highest BCUT2D eigenvalue weighted by molar-refractivity contribution is 5.85. The number of hydrogen-bond acceptors (Lipinski definition) is 4. The summed E-state index contributed by atoms with van der Waals surface area (Å²) in [5, 5.41) is 6.69. The predicted octanol–water partition coefficient (Wildman–Crippen LogP) is 1.91. The molecule has 0 aromatic heterocycles. The summed E-state index contributed by atoms with van der Waals surface area (Å²) in [5.74, 6) is 0.902. The van der Waals surface area contributed by atoms with Crippen molar-refractivity contribution in [3.05, 3.63) is 24.3 Å². The van der Waals surface area contributed by atoms with Crippen molar-refractivity contribution < 1.29 is 9.47 Å². The highest BCUT2D eigenvalue weighted by Gasteiger charge is 2.13. The summed E-state index contributed by atoms with van der Waals surface area (Å²) in [6, 6.07) is 7.99. The molecule has 5 heteroatoms. The van der Waals surface area contributed by atoms with E-state index in [9.17, 15) is 0 Å². The molecule has 1 heterocycles. The first kappa shape index (κ1) is 15.1. The molecule has 0 amide bonds. The van der Waals surface area contributed by atoms with Gasteiger partial charge >= 0.3 is 0 Å². The lowest BCUT2D eigenvalue weighted by Crippen LogP contribution is -2.42. The third kappa shape index (κ3) is 4.37. The average Bonchev–Trinajstić information content (AvgIpc) is 2.39. The number of para-hydroxylation sites is 2. The van der Waals surface area contributed by atoms with Gasteiger partial charge in [-0.05, 0) is 19.1 Å². The molecule has 2 rings (SSSR count). The molecule has 0 saturated carbocycles. The van der Waals surface area contributed by atoms with E-state index in [1.54, 1.807) is 0 Å². The molecule has 1 saturated heterocycles. The Morgan fingerprint density at radius 2 is 2.28 bits per heavy atom. The minimum Gasteiger partial charge on any atom is -0.492 e. The van der Waals surface area contributed by atoms with Gasteiger partial charge in [-0.15, -0.1) is 12.4 Å². The Bertz CT molecular complexity index is 344. The minimum absolute atomic E-state index is 0. The Morgan fingerprint density at radius 3 is 3.00 bits per heavy atom. The maximum Gasteiger partial charge on any atom is 0.142 e. The second kappa shape index (κ2) is 8.19. The zero-order chi connectivity index (χ0) is 11.9. The Kier molecular flexibility index (Phi) is 6.86. The Morgan fingerprint density at radius 1 is 1.44 bits per heavy atom. The van der Waals surface area contributed by atoms with Crippen molar-refractivity contribution >= 4 is 18.1 Å². The van der Waals surface area contributed by atoms with Crippen LogP contribution in [0.15, 0.2) is 24.3 Å². The lowest BCUT2D eigenvalue weighted by Gasteiger charge is -2.24. The van der Waals surface area contributed by atoms with E-state index in [1.807, 2.05) is 31.2 Å². The molecule has 1 fully saturated rings. The second-order valence-corrected chi connectivity index (χ2v) is 4.01. The fraction of sp³-hybridized carbons (Fsp3) is 0.538. The summed E-state index contributed by atoms with van der Waals surface area (Å²) in [7, 11) is 0. The number of nitrogens with one attached hydrogen (secondary N) is 2. The molecule has 2 N–H and O–H groups in total. The fourth-order valence-electron chi connectivity index (χ4n) is 1.87. The van der Waals surface area contributed by atoms with Gasteiger partial charge in [0.1, 0.15) is 5.75 Å². The number of anilines is 1. The van der Waals surface area contributed by atoms with Crippen molar-refractivity contribution in [1.82, 2.24) is 5.32 Å². The SMILES string of the molecule is CCOc1ccccc1NC[C@@H]1CNCCO1.Cl. The van der Waals surface area contributed by atoms with Gasteiger partial charge in [-0.2, -0.15) is 0 Å². The van der Waals surface area contributed by atoms with E-state index < -0.39 is 0 Å². The van der Waals surface area contributed by atoms with Gasteiger partial charge < -0.3 is 20.1 Å². The lowest BCUT2D eigenvalue weighted by molar-refractivity contribution is 0.0372. The minimum atomic E-state index is 0. The number of rotatable bonds is 5. The van der Waals surface area contributed by atoms with Crippen molar-refractivity contribution in [2.75, 3.05) is 38.2 Å². The van der Waals surface area contributed by atoms with Crippen LogP contribution in [-0.2, 0) is 4.74 Å². The molecule has 1 aromatic rings. The first-order chi connectivity index (χ1) is 8.40. The summed E-state index contributed by atoms with van der Waals surface area (Å²) in [6.07, 6.45) is 0.235. The molecule has 1 aliphatic rings. The topological polar surface area (TPSA) is 42.5 Å². The molecule has 1 atom stereocenters. The van der Waals surface area contributed by atoms with E-state index in [-0.39, 0.29) is 18.5 Å². The van der Waals surface area contributed by atoms with E-state index in [0.717, 1.165) is 37.7 Å². The highest BCUT2D eigenvalue weighted by Crippen LogP contribution is 2.23. The normalized spacial score (nSPS) is 18.8. The van der Waals surface area contributed by atoms with E-state index in [2.05, 4.69) is 10.6 Å². The van der Waals surface area contributed by atoms with Gasteiger partial charge in [-0.25, -0.2) is 0 Å². The van der Waals surface area contributed by atoms with Crippen LogP contribution < -0.4 is 15.4 Å². The van der Waals surface area contributed by atoms with Gasteiger partial charge in [0.25, 0.3) is 0 Å². The van der Waals surface area contributed by atoms with E-state index in [4.69, 9.17) is 9.47 Å². The third-order valence-electron chi connectivity index (χ3n) is 2.71. The molecule has 0 bridgehead atoms. The van der Waals surface area contributed by atoms with Crippen LogP contribution in [-0.4, -0.2) is 39.0 Å². The van der Waals surface area contributed by atoms with Crippen LogP contribution in [0.1, 0.15) is 6.92 Å². The maximum absolute atomic E-state index is 5.63. The molecule has 0 spiro atoms. The van der Waals surface area contributed by atoms with Crippen molar-refractivity contribution in [2.24, 2.45) is 0 Å². The Hall–Kier alpha value is -0.970. The van der Waals surface area contributed by atoms with E-state index >= 15 is 0 Å². The van der Waals surface area contributed by atoms with Crippen LogP contribution in [0.4, 0.5) is 5.69 Å². The van der Waals surface area contributed by atoms with Crippen LogP contribution >= 0.6 is 12.4 Å². The number of hydrogen-bond donors (Lipinski definition) is 2. The quantitative estimate of drug-likeness (QED) is 0.859. The highest BCUT2D eigenvalue weighted by atomic mass is 35.5. The Balaban J connectivity index is 0.00000162. The van der Waals surface area contributed by atoms with Crippen molar-refractivity contribution in [3.8, 4) is 5.75 Å². The van der Waals surface area contributed by atoms with Crippen LogP contribution in [0.25, 0.3) is 0 Å². The van der Waals surface area contributed by atoms with Crippen LogP contribution in [0.2, 0.25) is 0 Å². The van der Waals surface area contributed by atoms with Gasteiger partial charge in [0.15, 0.2) is 0 Å². The van der Waals surface area contributed by atoms with Crippen molar-refractivity contribution in [1.29, 1.82) is 0 Å². The van der Waals surface area contributed by atoms with Crippen LogP contribution in [0, 0.1) is 0 Å². The first-order valence-corrected chi connectivity index (χ1v) is 6.18. The Labute approximate surface area is 114 Å². The number of benzene rings is 1. The number of halogens is 1. The lowest BCUT2D eigenvalue weighted by atomic mass is 10.2. The van der Waals surface area contributed by atoms with Crippen LogP contribution in [0.3, 0.4) is 0 Å². The largest absolute Gasteiger partial charge is 0.492 e. The number of ether oxygens (including phenoxy) is 2. The summed E-state index contributed by atoms with van der Waals surface area (Å²) in [6.45, 7) is 6.12. The van der Waals surface area contributed by atoms with Gasteiger partial charge in [0.05, 0.1) is 25.0 Å². The molecular formula is C13H21ClN2O2. The molecular weight excluding hydrogens is 252 g/mol. The molecule has 4 nitrogen and oxygen atoms in total. The third-order valence-corrected chi connectivity index (χ3v) is 2.71. The van der Waals surface area contributed by atoms with Gasteiger partial charge in [0, 0.05) is 19.6 Å². The molecule has 1 aliphatic heterocycles. The van der Waals surface area contributed by atoms with E-state index in [1.165, 1.54) is 0 Å². The molecule has 0 aliphatic carbocycles. The fourth-order valence-corrected chi connectivity index (χ4v) is 1.87. The first-order valence-electron chi connectivity index (χ1n) is 6.18. The molecule has 102 valence electrons. The molecule has 18 heavy (non-hydrogen) atoms. The van der Waals surface area contributed by atoms with Gasteiger partial charge in [0.2, 0.25) is 0 Å². The summed E-state index contributed by atoms with van der Waals surface area (Å²) >= 11 is 0. The molecule has 0 unspecified atom stereocenters. The number of morpholine rings is 1. The molecule has 0 radical (unpaired) electrons. The maximum atomic E-state index is 5.63. The summed E-state index contributed by atoms with van der Waals surface area (Å²) in [4.78, 5) is 0. The average molecular weight is 273 g/mol. The zero-order valence-electron chi connectivity index (χ0n) is 10.6. The molecule has 1 aromatic carbocycles. The monoisotopic (exact) mass is 272 g/mol. The zero-order valence-corrected chi connectivity index (χ0v) is 11.5. The summed E-state index contributed by atoms with van der Waals surface area (Å²) < 4.78 is 11.2. The standard InChI is InChI=1S/C13H20N2O2.ClH/c1-2-16-13-6-4-3-5-12(13)15-10-11-9-14-7-8-17-11;/h3-6,11,14-15H,2,7-10H2,1H3;1H/t11-;/m0./s1. The van der Waals surface area contributed by atoms with Crippen LogP contribution in [0.5, 0.6) is 5.75 Å².